The van der Waals surface area contributed by atoms with Gasteiger partial charge in [-0.1, -0.05) is 49.1 Å². The van der Waals surface area contributed by atoms with E-state index < -0.39 is 6.04 Å². The summed E-state index contributed by atoms with van der Waals surface area (Å²) in [6, 6.07) is 11.7. The Morgan fingerprint density at radius 3 is 2.42 bits per heavy atom. The van der Waals surface area contributed by atoms with Gasteiger partial charge in [0.15, 0.2) is 0 Å². The number of aryl methyl sites for hydroxylation is 1. The molecule has 0 unspecified atom stereocenters. The zero-order valence-electron chi connectivity index (χ0n) is 17.9. The van der Waals surface area contributed by atoms with Crippen LogP contribution < -0.4 is 15.0 Å². The van der Waals surface area contributed by atoms with E-state index in [-0.39, 0.29) is 23.7 Å². The van der Waals surface area contributed by atoms with Gasteiger partial charge in [-0.15, -0.1) is 11.6 Å². The molecule has 3 rings (SSSR count). The van der Waals surface area contributed by atoms with Gasteiger partial charge in [-0.2, -0.15) is 0 Å². The highest BCUT2D eigenvalue weighted by Crippen LogP contribution is 2.36. The monoisotopic (exact) mass is 462 g/mol. The standard InChI is InChI=1S/C24H28Cl2N2O3/c1-16-8-13-21(31-2)20(14-16)28(22(29)15-25)23(17-9-11-18(26)12-10-17)24(30)27-19-6-4-3-5-7-19/h8-14,19,23H,3-7,15H2,1-2H3,(H,27,30)/t23-/m1/s1. The molecule has 2 aromatic carbocycles. The Morgan fingerprint density at radius 1 is 1.13 bits per heavy atom. The highest BCUT2D eigenvalue weighted by molar-refractivity contribution is 6.30. The molecule has 2 aromatic rings. The third kappa shape index (κ3) is 5.72. The van der Waals surface area contributed by atoms with Gasteiger partial charge in [0.1, 0.15) is 17.7 Å². The van der Waals surface area contributed by atoms with Gasteiger partial charge in [-0.3, -0.25) is 14.5 Å². The Bertz CT molecular complexity index is 912. The summed E-state index contributed by atoms with van der Waals surface area (Å²) in [5, 5.41) is 3.72. The summed E-state index contributed by atoms with van der Waals surface area (Å²) in [5.74, 6) is -0.396. The van der Waals surface area contributed by atoms with Crippen LogP contribution in [-0.2, 0) is 9.59 Å². The van der Waals surface area contributed by atoms with Crippen molar-refractivity contribution >= 4 is 40.7 Å². The number of benzene rings is 2. The van der Waals surface area contributed by atoms with Crippen molar-refractivity contribution in [2.75, 3.05) is 17.9 Å². The van der Waals surface area contributed by atoms with Crippen molar-refractivity contribution in [1.82, 2.24) is 5.32 Å². The quantitative estimate of drug-likeness (QED) is 0.558. The number of amides is 2. The fourth-order valence-corrected chi connectivity index (χ4v) is 4.31. The largest absolute Gasteiger partial charge is 0.495 e. The molecule has 0 saturated heterocycles. The predicted molar refractivity (Wildman–Crippen MR) is 125 cm³/mol. The van der Waals surface area contributed by atoms with Gasteiger partial charge >= 0.3 is 0 Å². The number of rotatable bonds is 7. The Morgan fingerprint density at radius 2 is 1.81 bits per heavy atom. The van der Waals surface area contributed by atoms with Crippen LogP contribution in [-0.4, -0.2) is 30.8 Å². The van der Waals surface area contributed by atoms with Crippen LogP contribution in [0.2, 0.25) is 5.02 Å². The second-order valence-corrected chi connectivity index (χ2v) is 8.57. The van der Waals surface area contributed by atoms with Gasteiger partial charge in [-0.05, 0) is 55.2 Å². The molecule has 1 aliphatic rings. The van der Waals surface area contributed by atoms with Gasteiger partial charge in [0, 0.05) is 11.1 Å². The van der Waals surface area contributed by atoms with Gasteiger partial charge in [-0.25, -0.2) is 0 Å². The average molecular weight is 463 g/mol. The van der Waals surface area contributed by atoms with Crippen LogP contribution in [0.25, 0.3) is 0 Å². The van der Waals surface area contributed by atoms with Crippen molar-refractivity contribution in [3.63, 3.8) is 0 Å². The first-order valence-electron chi connectivity index (χ1n) is 10.5. The molecule has 0 aromatic heterocycles. The normalized spacial score (nSPS) is 15.2. The number of nitrogens with one attached hydrogen (secondary N) is 1. The van der Waals surface area contributed by atoms with Crippen LogP contribution >= 0.6 is 23.2 Å². The number of hydrogen-bond acceptors (Lipinski definition) is 3. The molecule has 166 valence electrons. The zero-order chi connectivity index (χ0) is 22.4. The van der Waals surface area contributed by atoms with E-state index in [4.69, 9.17) is 27.9 Å². The number of carbonyl (C=O) groups excluding carboxylic acids is 2. The summed E-state index contributed by atoms with van der Waals surface area (Å²) >= 11 is 12.1. The van der Waals surface area contributed by atoms with Crippen LogP contribution in [0.1, 0.15) is 49.3 Å². The van der Waals surface area contributed by atoms with Crippen molar-refractivity contribution in [2.24, 2.45) is 0 Å². The fraction of sp³-hybridized carbons (Fsp3) is 0.417. The lowest BCUT2D eigenvalue weighted by molar-refractivity contribution is -0.126. The van der Waals surface area contributed by atoms with Crippen LogP contribution in [0.5, 0.6) is 5.75 Å². The number of methoxy groups -OCH3 is 1. The van der Waals surface area contributed by atoms with E-state index in [1.807, 2.05) is 19.1 Å². The lowest BCUT2D eigenvalue weighted by Crippen LogP contribution is -2.47. The highest BCUT2D eigenvalue weighted by atomic mass is 35.5. The summed E-state index contributed by atoms with van der Waals surface area (Å²) in [4.78, 5) is 28.1. The first-order valence-corrected chi connectivity index (χ1v) is 11.4. The van der Waals surface area contributed by atoms with Crippen LogP contribution in [0.15, 0.2) is 42.5 Å². The molecule has 0 radical (unpaired) electrons. The van der Waals surface area contributed by atoms with Crippen molar-refractivity contribution in [3.8, 4) is 5.75 Å². The third-order valence-corrected chi connectivity index (χ3v) is 6.10. The van der Waals surface area contributed by atoms with Crippen molar-refractivity contribution in [3.05, 3.63) is 58.6 Å². The lowest BCUT2D eigenvalue weighted by Gasteiger charge is -2.34. The molecule has 7 heteroatoms. The van der Waals surface area contributed by atoms with Gasteiger partial charge in [0.05, 0.1) is 12.8 Å². The Labute approximate surface area is 193 Å². The number of ether oxygens (including phenoxy) is 1. The molecule has 0 aliphatic heterocycles. The summed E-state index contributed by atoms with van der Waals surface area (Å²) < 4.78 is 5.52. The Hall–Kier alpha value is -2.24. The molecule has 31 heavy (non-hydrogen) atoms. The fourth-order valence-electron chi connectivity index (χ4n) is 4.06. The van der Waals surface area contributed by atoms with E-state index in [9.17, 15) is 9.59 Å². The second kappa shape index (κ2) is 10.9. The average Bonchev–Trinajstić information content (AvgIpc) is 2.78. The lowest BCUT2D eigenvalue weighted by atomic mass is 9.94. The van der Waals surface area contributed by atoms with Crippen molar-refractivity contribution in [2.45, 2.75) is 51.1 Å². The molecule has 1 atom stereocenters. The minimum Gasteiger partial charge on any atom is -0.495 e. The highest BCUT2D eigenvalue weighted by Gasteiger charge is 2.35. The minimum absolute atomic E-state index is 0.100. The Kier molecular flexibility index (Phi) is 8.22. The number of anilines is 1. The van der Waals surface area contributed by atoms with Gasteiger partial charge in [0.2, 0.25) is 11.8 Å². The zero-order valence-corrected chi connectivity index (χ0v) is 19.4. The van der Waals surface area contributed by atoms with Crippen LogP contribution in [0.3, 0.4) is 0 Å². The number of carbonyl (C=O) groups is 2. The van der Waals surface area contributed by atoms with E-state index in [2.05, 4.69) is 5.32 Å². The predicted octanol–water partition coefficient (Wildman–Crippen LogP) is 5.42. The van der Waals surface area contributed by atoms with Crippen molar-refractivity contribution in [1.29, 1.82) is 0 Å². The molecule has 0 bridgehead atoms. The molecule has 0 heterocycles. The maximum Gasteiger partial charge on any atom is 0.248 e. The molecular weight excluding hydrogens is 435 g/mol. The van der Waals surface area contributed by atoms with E-state index in [1.54, 1.807) is 30.3 Å². The van der Waals surface area contributed by atoms with Gasteiger partial charge in [0.25, 0.3) is 0 Å². The molecule has 1 saturated carbocycles. The van der Waals surface area contributed by atoms with E-state index >= 15 is 0 Å². The van der Waals surface area contributed by atoms with Crippen molar-refractivity contribution < 1.29 is 14.3 Å². The number of alkyl halides is 1. The van der Waals surface area contributed by atoms with Gasteiger partial charge < -0.3 is 10.1 Å². The maximum atomic E-state index is 13.6. The summed E-state index contributed by atoms with van der Waals surface area (Å²) in [7, 11) is 1.54. The molecule has 5 nitrogen and oxygen atoms in total. The van der Waals surface area contributed by atoms with E-state index in [0.717, 1.165) is 31.2 Å². The first-order chi connectivity index (χ1) is 14.9. The smallest absolute Gasteiger partial charge is 0.248 e. The van der Waals surface area contributed by atoms with Crippen LogP contribution in [0.4, 0.5) is 5.69 Å². The topological polar surface area (TPSA) is 58.6 Å². The molecule has 0 spiro atoms. The summed E-state index contributed by atoms with van der Waals surface area (Å²) in [6.45, 7) is 1.92. The summed E-state index contributed by atoms with van der Waals surface area (Å²) in [5.41, 5.74) is 2.09. The molecule has 1 N–H and O–H groups in total. The SMILES string of the molecule is COc1ccc(C)cc1N(C(=O)CCl)[C@@H](C(=O)NC1CCCCC1)c1ccc(Cl)cc1. The van der Waals surface area contributed by atoms with E-state index in [0.29, 0.717) is 22.0 Å². The molecule has 1 fully saturated rings. The molecule has 2 amide bonds. The maximum absolute atomic E-state index is 13.6. The Balaban J connectivity index is 2.09. The second-order valence-electron chi connectivity index (χ2n) is 7.87. The summed E-state index contributed by atoms with van der Waals surface area (Å²) in [6.07, 6.45) is 5.25. The van der Waals surface area contributed by atoms with Crippen LogP contribution in [0, 0.1) is 6.92 Å². The molecular formula is C24H28Cl2N2O3. The third-order valence-electron chi connectivity index (χ3n) is 5.62. The molecule has 1 aliphatic carbocycles. The number of nitrogens with zero attached hydrogens (tertiary/aromatic N) is 1. The first kappa shape index (κ1) is 23.4. The number of hydrogen-bond donors (Lipinski definition) is 1. The number of halogens is 2. The minimum atomic E-state index is -0.902. The van der Waals surface area contributed by atoms with E-state index in [1.165, 1.54) is 18.4 Å².